The number of anilines is 1. The summed E-state index contributed by atoms with van der Waals surface area (Å²) < 4.78 is 5.36. The van der Waals surface area contributed by atoms with Crippen LogP contribution in [0.1, 0.15) is 24.8 Å². The zero-order chi connectivity index (χ0) is 18.4. The maximum absolute atomic E-state index is 12.0. The van der Waals surface area contributed by atoms with Gasteiger partial charge in [-0.2, -0.15) is 0 Å². The molecule has 1 fully saturated rings. The molecular formula is C20H22N2O4. The van der Waals surface area contributed by atoms with Gasteiger partial charge in [0.1, 0.15) is 6.61 Å². The van der Waals surface area contributed by atoms with E-state index in [0.717, 1.165) is 37.2 Å². The molecule has 1 aliphatic rings. The number of nitrogens with zero attached hydrogens (tertiary/aromatic N) is 2. The third-order valence-electron chi connectivity index (χ3n) is 4.74. The van der Waals surface area contributed by atoms with Crippen molar-refractivity contribution in [3.8, 4) is 0 Å². The minimum Gasteiger partial charge on any atom is -0.461 e. The molecule has 0 atom stereocenters. The van der Waals surface area contributed by atoms with Gasteiger partial charge in [-0.15, -0.1) is 0 Å². The fourth-order valence-electron chi connectivity index (χ4n) is 3.21. The predicted molar refractivity (Wildman–Crippen MR) is 98.9 cm³/mol. The Hall–Kier alpha value is -2.89. The molecule has 0 amide bonds. The molecule has 0 aromatic heterocycles. The molecule has 1 saturated heterocycles. The van der Waals surface area contributed by atoms with Gasteiger partial charge in [0, 0.05) is 37.3 Å². The van der Waals surface area contributed by atoms with Crippen molar-refractivity contribution < 1.29 is 14.5 Å². The molecule has 0 unspecified atom stereocenters. The van der Waals surface area contributed by atoms with E-state index in [4.69, 9.17) is 4.74 Å². The average molecular weight is 354 g/mol. The summed E-state index contributed by atoms with van der Waals surface area (Å²) in [7, 11) is 0. The van der Waals surface area contributed by atoms with Crippen molar-refractivity contribution in [2.45, 2.75) is 25.9 Å². The summed E-state index contributed by atoms with van der Waals surface area (Å²) in [4.78, 5) is 24.6. The van der Waals surface area contributed by atoms with Crippen LogP contribution in [0.3, 0.4) is 0 Å². The van der Waals surface area contributed by atoms with Gasteiger partial charge < -0.3 is 9.64 Å². The second-order valence-corrected chi connectivity index (χ2v) is 6.55. The monoisotopic (exact) mass is 354 g/mol. The third kappa shape index (κ3) is 4.81. The zero-order valence-corrected chi connectivity index (χ0v) is 14.5. The number of nitro benzene ring substituents is 1. The minimum atomic E-state index is -0.392. The highest BCUT2D eigenvalue weighted by Crippen LogP contribution is 2.27. The number of nitro groups is 1. The Morgan fingerprint density at radius 2 is 1.73 bits per heavy atom. The highest BCUT2D eigenvalue weighted by molar-refractivity contribution is 5.69. The smallest absolute Gasteiger partial charge is 0.306 e. The number of rotatable bonds is 6. The summed E-state index contributed by atoms with van der Waals surface area (Å²) >= 11 is 0. The summed E-state index contributed by atoms with van der Waals surface area (Å²) in [5.74, 6) is 0.176. The number of hydrogen-bond acceptors (Lipinski definition) is 5. The van der Waals surface area contributed by atoms with E-state index in [9.17, 15) is 14.9 Å². The lowest BCUT2D eigenvalue weighted by molar-refractivity contribution is -0.384. The maximum Gasteiger partial charge on any atom is 0.306 e. The highest BCUT2D eigenvalue weighted by atomic mass is 16.6. The van der Waals surface area contributed by atoms with E-state index in [1.54, 1.807) is 12.1 Å². The van der Waals surface area contributed by atoms with Gasteiger partial charge in [-0.25, -0.2) is 0 Å². The summed E-state index contributed by atoms with van der Waals surface area (Å²) in [6.45, 7) is 2.00. The number of piperidine rings is 1. The van der Waals surface area contributed by atoms with Crippen molar-refractivity contribution in [2.24, 2.45) is 5.92 Å². The second kappa shape index (κ2) is 8.47. The van der Waals surface area contributed by atoms with Crippen LogP contribution in [0.4, 0.5) is 11.4 Å². The van der Waals surface area contributed by atoms with E-state index >= 15 is 0 Å². The SMILES string of the molecule is O=C(CC1CCN(c2ccc([N+](=O)[O-])cc2)CC1)OCc1ccccc1. The third-order valence-corrected chi connectivity index (χ3v) is 4.74. The zero-order valence-electron chi connectivity index (χ0n) is 14.5. The first-order valence-electron chi connectivity index (χ1n) is 8.81. The first kappa shape index (κ1) is 17.9. The average Bonchev–Trinajstić information content (AvgIpc) is 2.68. The van der Waals surface area contributed by atoms with Gasteiger partial charge in [0.25, 0.3) is 5.69 Å². The Bertz CT molecular complexity index is 738. The number of non-ortho nitro benzene ring substituents is 1. The Kier molecular flexibility index (Phi) is 5.84. The molecule has 1 aliphatic heterocycles. The van der Waals surface area contributed by atoms with E-state index < -0.39 is 4.92 Å². The lowest BCUT2D eigenvalue weighted by Crippen LogP contribution is -2.34. The van der Waals surface area contributed by atoms with Crippen LogP contribution in [-0.2, 0) is 16.1 Å². The lowest BCUT2D eigenvalue weighted by atomic mass is 9.93. The molecular weight excluding hydrogens is 332 g/mol. The van der Waals surface area contributed by atoms with Crippen LogP contribution in [0.15, 0.2) is 54.6 Å². The van der Waals surface area contributed by atoms with Gasteiger partial charge in [0.05, 0.1) is 4.92 Å². The molecule has 2 aromatic carbocycles. The van der Waals surface area contributed by atoms with Crippen LogP contribution in [0, 0.1) is 16.0 Å². The highest BCUT2D eigenvalue weighted by Gasteiger charge is 2.22. The first-order chi connectivity index (χ1) is 12.6. The number of ether oxygens (including phenoxy) is 1. The van der Waals surface area contributed by atoms with Crippen molar-refractivity contribution in [2.75, 3.05) is 18.0 Å². The largest absolute Gasteiger partial charge is 0.461 e. The fourth-order valence-corrected chi connectivity index (χ4v) is 3.21. The Morgan fingerprint density at radius 3 is 2.35 bits per heavy atom. The summed E-state index contributed by atoms with van der Waals surface area (Å²) in [5.41, 5.74) is 2.08. The molecule has 2 aromatic rings. The molecule has 0 aliphatic carbocycles. The van der Waals surface area contributed by atoms with Crippen molar-refractivity contribution in [1.82, 2.24) is 0 Å². The molecule has 0 spiro atoms. The van der Waals surface area contributed by atoms with Crippen LogP contribution in [0.2, 0.25) is 0 Å². The van der Waals surface area contributed by atoms with Crippen LogP contribution >= 0.6 is 0 Å². The van der Waals surface area contributed by atoms with Gasteiger partial charge in [0.2, 0.25) is 0 Å². The molecule has 1 heterocycles. The van der Waals surface area contributed by atoms with Gasteiger partial charge >= 0.3 is 5.97 Å². The number of hydrogen-bond donors (Lipinski definition) is 0. The number of benzene rings is 2. The van der Waals surface area contributed by atoms with Crippen LogP contribution in [-0.4, -0.2) is 24.0 Å². The number of carbonyl (C=O) groups excluding carboxylic acids is 1. The lowest BCUT2D eigenvalue weighted by Gasteiger charge is -2.33. The van der Waals surface area contributed by atoms with E-state index in [2.05, 4.69) is 4.90 Å². The molecule has 6 nitrogen and oxygen atoms in total. The number of esters is 1. The van der Waals surface area contributed by atoms with E-state index in [0.29, 0.717) is 18.9 Å². The van der Waals surface area contributed by atoms with Crippen molar-refractivity contribution >= 4 is 17.3 Å². The summed E-state index contributed by atoms with van der Waals surface area (Å²) in [5, 5.41) is 10.7. The molecule has 0 saturated carbocycles. The standard InChI is InChI=1S/C20H22N2O4/c23-20(26-15-17-4-2-1-3-5-17)14-16-10-12-21(13-11-16)18-6-8-19(9-7-18)22(24)25/h1-9,16H,10-15H2. The summed E-state index contributed by atoms with van der Waals surface area (Å²) in [6, 6.07) is 16.3. The molecule has 3 rings (SSSR count). The topological polar surface area (TPSA) is 72.7 Å². The van der Waals surface area contributed by atoms with E-state index in [-0.39, 0.29) is 11.7 Å². The normalized spacial score (nSPS) is 14.8. The molecule has 0 radical (unpaired) electrons. The van der Waals surface area contributed by atoms with Gasteiger partial charge in [0.15, 0.2) is 0 Å². The predicted octanol–water partition coefficient (Wildman–Crippen LogP) is 3.94. The molecule has 136 valence electrons. The number of carbonyl (C=O) groups is 1. The Labute approximate surface area is 152 Å². The Balaban J connectivity index is 1.43. The molecule has 6 heteroatoms. The minimum absolute atomic E-state index is 0.102. The van der Waals surface area contributed by atoms with E-state index in [1.165, 1.54) is 12.1 Å². The molecule has 0 N–H and O–H groups in total. The molecule has 26 heavy (non-hydrogen) atoms. The van der Waals surface area contributed by atoms with Gasteiger partial charge in [-0.3, -0.25) is 14.9 Å². The quantitative estimate of drug-likeness (QED) is 0.446. The van der Waals surface area contributed by atoms with Crippen molar-refractivity contribution in [3.63, 3.8) is 0 Å². The van der Waals surface area contributed by atoms with Gasteiger partial charge in [-0.1, -0.05) is 30.3 Å². The van der Waals surface area contributed by atoms with Gasteiger partial charge in [-0.05, 0) is 36.5 Å². The Morgan fingerprint density at radius 1 is 1.08 bits per heavy atom. The van der Waals surface area contributed by atoms with Crippen LogP contribution in [0.5, 0.6) is 0 Å². The fraction of sp³-hybridized carbons (Fsp3) is 0.350. The summed E-state index contributed by atoms with van der Waals surface area (Å²) in [6.07, 6.45) is 2.27. The van der Waals surface area contributed by atoms with E-state index in [1.807, 2.05) is 30.3 Å². The maximum atomic E-state index is 12.0. The van der Waals surface area contributed by atoms with Crippen LogP contribution in [0.25, 0.3) is 0 Å². The van der Waals surface area contributed by atoms with Crippen LogP contribution < -0.4 is 4.90 Å². The van der Waals surface area contributed by atoms with Crippen molar-refractivity contribution in [1.29, 1.82) is 0 Å². The first-order valence-corrected chi connectivity index (χ1v) is 8.81. The molecule has 0 bridgehead atoms. The second-order valence-electron chi connectivity index (χ2n) is 6.55. The van der Waals surface area contributed by atoms with Crippen molar-refractivity contribution in [3.05, 3.63) is 70.3 Å².